The van der Waals surface area contributed by atoms with Crippen LogP contribution in [0.3, 0.4) is 0 Å². The molecule has 0 aromatic heterocycles. The summed E-state index contributed by atoms with van der Waals surface area (Å²) < 4.78 is 10.8. The van der Waals surface area contributed by atoms with Gasteiger partial charge >= 0.3 is 0 Å². The van der Waals surface area contributed by atoms with Gasteiger partial charge in [-0.3, -0.25) is 0 Å². The fraction of sp³-hybridized carbons (Fsp3) is 1.00. The summed E-state index contributed by atoms with van der Waals surface area (Å²) in [6, 6.07) is 0.276. The number of hydrogen-bond donors (Lipinski definition) is 1. The molecule has 0 amide bonds. The molecule has 0 aliphatic carbocycles. The highest BCUT2D eigenvalue weighted by atomic mass is 32.2. The van der Waals surface area contributed by atoms with Crippen LogP contribution in [0, 0.1) is 0 Å². The van der Waals surface area contributed by atoms with E-state index in [2.05, 4.69) is 0 Å². The maximum absolute atomic E-state index is 5.64. The van der Waals surface area contributed by atoms with Crippen LogP contribution in [-0.4, -0.2) is 37.1 Å². The summed E-state index contributed by atoms with van der Waals surface area (Å²) in [5.41, 5.74) is 5.64. The van der Waals surface area contributed by atoms with E-state index in [0.717, 1.165) is 17.9 Å². The number of ether oxygens (including phenoxy) is 2. The van der Waals surface area contributed by atoms with Gasteiger partial charge in [0.15, 0.2) is 6.29 Å². The minimum absolute atomic E-state index is 0.0365. The molecule has 0 aliphatic heterocycles. The Kier molecular flexibility index (Phi) is 9.93. The zero-order valence-corrected chi connectivity index (χ0v) is 10.3. The molecule has 4 heteroatoms. The van der Waals surface area contributed by atoms with E-state index in [4.69, 9.17) is 15.2 Å². The van der Waals surface area contributed by atoms with Crippen LogP contribution < -0.4 is 5.73 Å². The van der Waals surface area contributed by atoms with Gasteiger partial charge in [0, 0.05) is 31.4 Å². The lowest BCUT2D eigenvalue weighted by Crippen LogP contribution is -2.20. The van der Waals surface area contributed by atoms with Crippen molar-refractivity contribution in [3.05, 3.63) is 0 Å². The average Bonchev–Trinajstić information content (AvgIpc) is 2.12. The maximum atomic E-state index is 5.64. The molecular formula is C10H23NO2S. The minimum Gasteiger partial charge on any atom is -0.353 e. The molecule has 0 aliphatic rings. The van der Waals surface area contributed by atoms with Gasteiger partial charge in [0.25, 0.3) is 0 Å². The van der Waals surface area contributed by atoms with E-state index in [-0.39, 0.29) is 12.3 Å². The van der Waals surface area contributed by atoms with E-state index >= 15 is 0 Å². The predicted octanol–water partition coefficient (Wildman–Crippen LogP) is 1.86. The number of thioether (sulfide) groups is 1. The Morgan fingerprint density at radius 2 is 1.79 bits per heavy atom. The van der Waals surface area contributed by atoms with Crippen LogP contribution in [0.15, 0.2) is 0 Å². The van der Waals surface area contributed by atoms with Crippen molar-refractivity contribution in [2.45, 2.75) is 39.5 Å². The topological polar surface area (TPSA) is 44.5 Å². The highest BCUT2D eigenvalue weighted by Crippen LogP contribution is 2.09. The van der Waals surface area contributed by atoms with Crippen LogP contribution in [0.4, 0.5) is 0 Å². The van der Waals surface area contributed by atoms with E-state index in [1.54, 1.807) is 0 Å². The third kappa shape index (κ3) is 8.81. The third-order valence-electron chi connectivity index (χ3n) is 1.58. The highest BCUT2D eigenvalue weighted by Gasteiger charge is 2.07. The summed E-state index contributed by atoms with van der Waals surface area (Å²) >= 11 is 1.86. The van der Waals surface area contributed by atoms with E-state index < -0.39 is 0 Å². The molecule has 0 aromatic rings. The Balaban J connectivity index is 3.40. The molecule has 1 atom stereocenters. The SMILES string of the molecule is CCOC(CCSCC(C)N)OCC. The number of nitrogens with two attached hydrogens (primary N) is 1. The molecular weight excluding hydrogens is 198 g/mol. The summed E-state index contributed by atoms with van der Waals surface area (Å²) in [5, 5.41) is 0. The number of rotatable bonds is 9. The Morgan fingerprint density at radius 3 is 2.21 bits per heavy atom. The smallest absolute Gasteiger partial charge is 0.158 e. The van der Waals surface area contributed by atoms with Gasteiger partial charge in [-0.05, 0) is 26.5 Å². The number of hydrogen-bond acceptors (Lipinski definition) is 4. The van der Waals surface area contributed by atoms with Crippen molar-refractivity contribution >= 4 is 11.8 Å². The first-order valence-electron chi connectivity index (χ1n) is 5.27. The van der Waals surface area contributed by atoms with Gasteiger partial charge in [-0.1, -0.05) is 0 Å². The molecule has 3 nitrogen and oxygen atoms in total. The van der Waals surface area contributed by atoms with Crippen molar-refractivity contribution in [1.29, 1.82) is 0 Å². The molecule has 0 saturated heterocycles. The second-order valence-electron chi connectivity index (χ2n) is 3.18. The highest BCUT2D eigenvalue weighted by molar-refractivity contribution is 7.99. The Bertz CT molecular complexity index is 117. The molecule has 0 rings (SSSR count). The first-order valence-corrected chi connectivity index (χ1v) is 6.42. The normalized spacial score (nSPS) is 13.5. The van der Waals surface area contributed by atoms with E-state index in [1.165, 1.54) is 0 Å². The zero-order valence-electron chi connectivity index (χ0n) is 9.49. The van der Waals surface area contributed by atoms with Gasteiger partial charge in [-0.25, -0.2) is 0 Å². The molecule has 86 valence electrons. The van der Waals surface area contributed by atoms with Gasteiger partial charge in [-0.2, -0.15) is 11.8 Å². The van der Waals surface area contributed by atoms with Crippen LogP contribution in [0.2, 0.25) is 0 Å². The molecule has 14 heavy (non-hydrogen) atoms. The molecule has 0 bridgehead atoms. The third-order valence-corrected chi connectivity index (χ3v) is 2.87. The van der Waals surface area contributed by atoms with Crippen molar-refractivity contribution in [3.8, 4) is 0 Å². The zero-order chi connectivity index (χ0) is 10.8. The van der Waals surface area contributed by atoms with Crippen molar-refractivity contribution in [3.63, 3.8) is 0 Å². The Labute approximate surface area is 91.7 Å². The van der Waals surface area contributed by atoms with Crippen molar-refractivity contribution < 1.29 is 9.47 Å². The van der Waals surface area contributed by atoms with Gasteiger partial charge in [0.1, 0.15) is 0 Å². The molecule has 1 unspecified atom stereocenters. The van der Waals surface area contributed by atoms with Gasteiger partial charge in [0.2, 0.25) is 0 Å². The Morgan fingerprint density at radius 1 is 1.21 bits per heavy atom. The van der Waals surface area contributed by atoms with Gasteiger partial charge in [-0.15, -0.1) is 0 Å². The monoisotopic (exact) mass is 221 g/mol. The lowest BCUT2D eigenvalue weighted by molar-refractivity contribution is -0.136. The fourth-order valence-corrected chi connectivity index (χ4v) is 1.93. The van der Waals surface area contributed by atoms with Crippen LogP contribution >= 0.6 is 11.8 Å². The molecule has 0 spiro atoms. The fourth-order valence-electron chi connectivity index (χ4n) is 1.04. The predicted molar refractivity (Wildman–Crippen MR) is 62.6 cm³/mol. The van der Waals surface area contributed by atoms with Crippen LogP contribution in [-0.2, 0) is 9.47 Å². The minimum atomic E-state index is -0.0365. The quantitative estimate of drug-likeness (QED) is 0.477. The van der Waals surface area contributed by atoms with Gasteiger partial charge < -0.3 is 15.2 Å². The van der Waals surface area contributed by atoms with Gasteiger partial charge in [0.05, 0.1) is 0 Å². The van der Waals surface area contributed by atoms with Crippen LogP contribution in [0.5, 0.6) is 0 Å². The van der Waals surface area contributed by atoms with E-state index in [1.807, 2.05) is 32.5 Å². The molecule has 0 heterocycles. The summed E-state index contributed by atoms with van der Waals surface area (Å²) in [4.78, 5) is 0. The maximum Gasteiger partial charge on any atom is 0.158 e. The molecule has 0 saturated carbocycles. The Hall–Kier alpha value is 0.230. The average molecular weight is 221 g/mol. The summed E-state index contributed by atoms with van der Waals surface area (Å²) in [5.74, 6) is 2.05. The molecule has 2 N–H and O–H groups in total. The first-order chi connectivity index (χ1) is 6.70. The van der Waals surface area contributed by atoms with E-state index in [0.29, 0.717) is 13.2 Å². The molecule has 0 fully saturated rings. The standard InChI is InChI=1S/C10H23NO2S/c1-4-12-10(13-5-2)6-7-14-8-9(3)11/h9-10H,4-8,11H2,1-3H3. The van der Waals surface area contributed by atoms with Crippen molar-refractivity contribution in [2.75, 3.05) is 24.7 Å². The van der Waals surface area contributed by atoms with E-state index in [9.17, 15) is 0 Å². The van der Waals surface area contributed by atoms with Crippen molar-refractivity contribution in [1.82, 2.24) is 0 Å². The first kappa shape index (κ1) is 14.2. The molecule has 0 aromatic carbocycles. The van der Waals surface area contributed by atoms with Crippen molar-refractivity contribution in [2.24, 2.45) is 5.73 Å². The van der Waals surface area contributed by atoms with Crippen LogP contribution in [0.1, 0.15) is 27.2 Å². The second kappa shape index (κ2) is 9.77. The summed E-state index contributed by atoms with van der Waals surface area (Å²) in [7, 11) is 0. The summed E-state index contributed by atoms with van der Waals surface area (Å²) in [6.45, 7) is 7.42. The largest absolute Gasteiger partial charge is 0.353 e. The lowest BCUT2D eigenvalue weighted by Gasteiger charge is -2.16. The van der Waals surface area contributed by atoms with Crippen LogP contribution in [0.25, 0.3) is 0 Å². The molecule has 0 radical (unpaired) electrons. The second-order valence-corrected chi connectivity index (χ2v) is 4.33. The summed E-state index contributed by atoms with van der Waals surface area (Å²) in [6.07, 6.45) is 0.907. The lowest BCUT2D eigenvalue weighted by atomic mass is 10.4.